The minimum absolute atomic E-state index is 0.195. The Balaban J connectivity index is 0. The number of likely N-dealkylation sites (N-methyl/N-ethyl adjacent to an activating group) is 1. The highest BCUT2D eigenvalue weighted by Crippen LogP contribution is 2.31. The third-order valence-electron chi connectivity index (χ3n) is 7.66. The first-order chi connectivity index (χ1) is 19.6. The van der Waals surface area contributed by atoms with Gasteiger partial charge in [-0.3, -0.25) is 9.59 Å². The van der Waals surface area contributed by atoms with Gasteiger partial charge in [0.15, 0.2) is 0 Å². The number of ketones is 1. The first-order valence-electron chi connectivity index (χ1n) is 16.4. The molecule has 1 saturated heterocycles. The van der Waals surface area contributed by atoms with Gasteiger partial charge in [0.05, 0.1) is 18.3 Å². The molecule has 0 aliphatic carbocycles. The quantitative estimate of drug-likeness (QED) is 0.201. The Hall–Kier alpha value is -1.10. The van der Waals surface area contributed by atoms with Gasteiger partial charge >= 0.3 is 5.97 Å². The van der Waals surface area contributed by atoms with Crippen LogP contribution in [-0.4, -0.2) is 116 Å². The van der Waals surface area contributed by atoms with Crippen molar-refractivity contribution in [3.05, 3.63) is 0 Å². The van der Waals surface area contributed by atoms with Gasteiger partial charge in [0.2, 0.25) is 0 Å². The van der Waals surface area contributed by atoms with E-state index < -0.39 is 41.7 Å². The summed E-state index contributed by atoms with van der Waals surface area (Å²) in [6.07, 6.45) is 0.627. The van der Waals surface area contributed by atoms with E-state index in [1.165, 1.54) is 6.42 Å². The molecule has 9 nitrogen and oxygen atoms in total. The van der Waals surface area contributed by atoms with Crippen molar-refractivity contribution in [3.63, 3.8) is 0 Å². The molecular formula is C33H69N3O6. The van der Waals surface area contributed by atoms with E-state index in [1.807, 2.05) is 39.6 Å². The molecular weight excluding hydrogens is 534 g/mol. The highest BCUT2D eigenvalue weighted by atomic mass is 16.6. The zero-order valence-corrected chi connectivity index (χ0v) is 29.5. The largest absolute Gasteiger partial charge is 0.459 e. The molecule has 0 radical (unpaired) electrons. The lowest BCUT2D eigenvalue weighted by molar-refractivity contribution is -0.168. The molecule has 0 aromatic carbocycles. The number of aliphatic hydroxyl groups excluding tert-OH is 2. The van der Waals surface area contributed by atoms with Crippen LogP contribution in [0.15, 0.2) is 0 Å². The van der Waals surface area contributed by atoms with E-state index in [2.05, 4.69) is 52.0 Å². The van der Waals surface area contributed by atoms with Gasteiger partial charge in [0, 0.05) is 25.0 Å². The van der Waals surface area contributed by atoms with E-state index >= 15 is 0 Å². The predicted molar refractivity (Wildman–Crippen MR) is 174 cm³/mol. The number of rotatable bonds is 9. The molecule has 4 unspecified atom stereocenters. The van der Waals surface area contributed by atoms with Crippen molar-refractivity contribution in [2.75, 3.05) is 53.9 Å². The smallest absolute Gasteiger partial charge is 0.316 e. The lowest BCUT2D eigenvalue weighted by Crippen LogP contribution is -2.51. The Morgan fingerprint density at radius 3 is 2.12 bits per heavy atom. The van der Waals surface area contributed by atoms with E-state index in [0.29, 0.717) is 26.0 Å². The minimum Gasteiger partial charge on any atom is -0.459 e. The van der Waals surface area contributed by atoms with Crippen LogP contribution in [0.2, 0.25) is 0 Å². The van der Waals surface area contributed by atoms with Gasteiger partial charge in [-0.15, -0.1) is 0 Å². The summed E-state index contributed by atoms with van der Waals surface area (Å²) in [5.74, 6) is -2.01. The lowest BCUT2D eigenvalue weighted by Gasteiger charge is -2.38. The van der Waals surface area contributed by atoms with Crippen LogP contribution >= 0.6 is 0 Å². The van der Waals surface area contributed by atoms with Crippen LogP contribution in [-0.2, 0) is 19.1 Å². The normalized spacial score (nSPS) is 32.0. The molecule has 1 aliphatic rings. The standard InChI is InChI=1S/C28H55N3O6.C3H8.C2H6/c1-10-23-26(34)25(33)22(5)31(9)18-19(2)16-28(6,36-15-13-29-12-11-14-30(7)8)17-20(3)24(32)21(4)27(35)37-23;1-3-2;1-2/h19-23,25-26,29,33-34H,10-18H2,1-9H3;3H2,1-2H3;1-2H3/t19-,20-,21?,22?,23-,25?,26?,28-;;/m1../s1. The number of carbonyl (C=O) groups excluding carboxylic acids is 2. The monoisotopic (exact) mass is 604 g/mol. The second-order valence-electron chi connectivity index (χ2n) is 12.5. The fraction of sp³-hybridized carbons (Fsp3) is 0.939. The Bertz CT molecular complexity index is 709. The molecule has 1 fully saturated rings. The molecule has 0 saturated carbocycles. The Morgan fingerprint density at radius 2 is 1.60 bits per heavy atom. The van der Waals surface area contributed by atoms with Gasteiger partial charge in [-0.25, -0.2) is 0 Å². The molecule has 1 heterocycles. The summed E-state index contributed by atoms with van der Waals surface area (Å²) < 4.78 is 12.0. The van der Waals surface area contributed by atoms with Gasteiger partial charge in [-0.05, 0) is 86.6 Å². The minimum atomic E-state index is -1.25. The van der Waals surface area contributed by atoms with E-state index in [0.717, 1.165) is 32.5 Å². The fourth-order valence-electron chi connectivity index (χ4n) is 5.38. The van der Waals surface area contributed by atoms with Gasteiger partial charge < -0.3 is 34.8 Å². The van der Waals surface area contributed by atoms with Crippen molar-refractivity contribution in [2.24, 2.45) is 17.8 Å². The van der Waals surface area contributed by atoms with Gasteiger partial charge in [-0.1, -0.05) is 54.9 Å². The highest BCUT2D eigenvalue weighted by Gasteiger charge is 2.39. The van der Waals surface area contributed by atoms with Crippen molar-refractivity contribution in [2.45, 2.75) is 131 Å². The molecule has 9 heteroatoms. The first-order valence-corrected chi connectivity index (χ1v) is 16.4. The summed E-state index contributed by atoms with van der Waals surface area (Å²) in [6, 6.07) is -0.355. The zero-order valence-electron chi connectivity index (χ0n) is 29.5. The number of cyclic esters (lactones) is 1. The predicted octanol–water partition coefficient (Wildman–Crippen LogP) is 4.38. The molecule has 0 bridgehead atoms. The average Bonchev–Trinajstić information content (AvgIpc) is 2.93. The number of hydrogen-bond acceptors (Lipinski definition) is 9. The van der Waals surface area contributed by atoms with Crippen LogP contribution in [0, 0.1) is 17.8 Å². The van der Waals surface area contributed by atoms with Gasteiger partial charge in [0.1, 0.15) is 23.9 Å². The van der Waals surface area contributed by atoms with Crippen molar-refractivity contribution < 1.29 is 29.3 Å². The summed E-state index contributed by atoms with van der Waals surface area (Å²) >= 11 is 0. The average molecular weight is 604 g/mol. The Labute approximate surface area is 259 Å². The third-order valence-corrected chi connectivity index (χ3v) is 7.66. The number of nitrogens with zero attached hydrogens (tertiary/aromatic N) is 2. The van der Waals surface area contributed by atoms with E-state index in [1.54, 1.807) is 13.8 Å². The van der Waals surface area contributed by atoms with Crippen LogP contribution in [0.1, 0.15) is 101 Å². The van der Waals surface area contributed by atoms with E-state index in [9.17, 15) is 19.8 Å². The number of aliphatic hydroxyl groups is 2. The number of ether oxygens (including phenoxy) is 2. The maximum Gasteiger partial charge on any atom is 0.316 e. The molecule has 0 amide bonds. The van der Waals surface area contributed by atoms with Crippen molar-refractivity contribution >= 4 is 11.8 Å². The van der Waals surface area contributed by atoms with Crippen LogP contribution in [0.5, 0.6) is 0 Å². The molecule has 1 rings (SSSR count). The van der Waals surface area contributed by atoms with Crippen LogP contribution in [0.25, 0.3) is 0 Å². The summed E-state index contributed by atoms with van der Waals surface area (Å²) in [6.45, 7) is 23.4. The number of carbonyl (C=O) groups is 2. The Kier molecular flexibility index (Phi) is 23.9. The number of nitrogens with one attached hydrogen (secondary N) is 1. The van der Waals surface area contributed by atoms with Gasteiger partial charge in [0.25, 0.3) is 0 Å². The number of esters is 1. The van der Waals surface area contributed by atoms with Crippen LogP contribution in [0.4, 0.5) is 0 Å². The van der Waals surface area contributed by atoms with Crippen molar-refractivity contribution in [1.82, 2.24) is 15.1 Å². The summed E-state index contributed by atoms with van der Waals surface area (Å²) in [5.41, 5.74) is -0.558. The molecule has 3 N–H and O–H groups in total. The first kappa shape index (κ1) is 43.0. The second kappa shape index (κ2) is 23.3. The Morgan fingerprint density at radius 1 is 1.02 bits per heavy atom. The molecule has 0 aromatic heterocycles. The molecule has 252 valence electrons. The van der Waals surface area contributed by atoms with Crippen LogP contribution in [0.3, 0.4) is 0 Å². The van der Waals surface area contributed by atoms with Crippen molar-refractivity contribution in [1.29, 1.82) is 0 Å². The molecule has 1 aliphatic heterocycles. The molecule has 42 heavy (non-hydrogen) atoms. The van der Waals surface area contributed by atoms with Crippen LogP contribution < -0.4 is 5.32 Å². The third kappa shape index (κ3) is 16.7. The lowest BCUT2D eigenvalue weighted by atomic mass is 9.81. The van der Waals surface area contributed by atoms with E-state index in [-0.39, 0.29) is 17.7 Å². The van der Waals surface area contributed by atoms with Crippen molar-refractivity contribution in [3.8, 4) is 0 Å². The summed E-state index contributed by atoms with van der Waals surface area (Å²) in [5, 5.41) is 25.1. The summed E-state index contributed by atoms with van der Waals surface area (Å²) in [7, 11) is 6.05. The topological polar surface area (TPSA) is 112 Å². The number of Topliss-reactive ketones (excluding diaryl/α,β-unsaturated/α-hetero) is 1. The molecule has 0 aromatic rings. The number of hydrogen-bond donors (Lipinski definition) is 3. The highest BCUT2D eigenvalue weighted by molar-refractivity contribution is 5.99. The molecule has 8 atom stereocenters. The SMILES string of the molecule is CC.CCC.CC[C@H]1OC(=O)C(C)C(=O)[C@H](C)C[C@](C)(OCCNCCCN(C)C)C[C@@H](C)CN(C)C(C)C(O)C1O. The maximum atomic E-state index is 13.2. The zero-order chi connectivity index (χ0) is 33.0. The summed E-state index contributed by atoms with van der Waals surface area (Å²) in [4.78, 5) is 30.2. The second-order valence-corrected chi connectivity index (χ2v) is 12.5. The van der Waals surface area contributed by atoms with E-state index in [4.69, 9.17) is 9.47 Å². The van der Waals surface area contributed by atoms with Gasteiger partial charge in [-0.2, -0.15) is 0 Å². The maximum absolute atomic E-state index is 13.2. The fourth-order valence-corrected chi connectivity index (χ4v) is 5.38. The molecule has 0 spiro atoms.